The number of methoxy groups -OCH3 is 1. The lowest BCUT2D eigenvalue weighted by Crippen LogP contribution is -2.06. The Hall–Kier alpha value is -3.45. The average molecular weight is 496 g/mol. The number of aliphatic imine (C=N–C) groups is 1. The SMILES string of the molecule is COc1cc(/C=C2\N=C(c3ccccc3C)OC2=O)cc(Br)c1OCc1ccccc1F. The standard InChI is InChI=1S/C25H19BrFNO4/c1-15-7-3-5-9-18(15)24-28-21(25(29)32-24)12-16-11-19(26)23(22(13-16)30-2)31-14-17-8-4-6-10-20(17)27/h3-13H,14H2,1-2H3/b21-12-. The fourth-order valence-corrected chi connectivity index (χ4v) is 3.80. The molecule has 0 aliphatic carbocycles. The summed E-state index contributed by atoms with van der Waals surface area (Å²) < 4.78 is 31.1. The van der Waals surface area contributed by atoms with Gasteiger partial charge >= 0.3 is 5.97 Å². The fourth-order valence-electron chi connectivity index (χ4n) is 3.22. The van der Waals surface area contributed by atoms with Gasteiger partial charge in [-0.25, -0.2) is 14.2 Å². The number of esters is 1. The lowest BCUT2D eigenvalue weighted by atomic mass is 10.1. The van der Waals surface area contributed by atoms with Crippen LogP contribution in [0.1, 0.15) is 22.3 Å². The number of nitrogens with zero attached hydrogens (tertiary/aromatic N) is 1. The molecule has 0 saturated heterocycles. The Bertz CT molecular complexity index is 1250. The van der Waals surface area contributed by atoms with Crippen molar-refractivity contribution in [2.45, 2.75) is 13.5 Å². The van der Waals surface area contributed by atoms with Gasteiger partial charge in [0.25, 0.3) is 0 Å². The Kier molecular flexibility index (Phi) is 6.37. The van der Waals surface area contributed by atoms with Crippen LogP contribution < -0.4 is 9.47 Å². The number of cyclic esters (lactones) is 1. The van der Waals surface area contributed by atoms with Crippen LogP contribution in [0.5, 0.6) is 11.5 Å². The first kappa shape index (κ1) is 21.8. The molecular formula is C25H19BrFNO4. The van der Waals surface area contributed by atoms with E-state index in [0.717, 1.165) is 11.1 Å². The number of ether oxygens (including phenoxy) is 3. The van der Waals surface area contributed by atoms with Crippen molar-refractivity contribution < 1.29 is 23.4 Å². The number of hydrogen-bond donors (Lipinski definition) is 0. The molecule has 0 aromatic heterocycles. The Balaban J connectivity index is 1.61. The molecule has 1 aliphatic rings. The molecule has 0 amide bonds. The van der Waals surface area contributed by atoms with Crippen LogP contribution in [0.2, 0.25) is 0 Å². The van der Waals surface area contributed by atoms with Crippen LogP contribution in [-0.2, 0) is 16.1 Å². The van der Waals surface area contributed by atoms with Gasteiger partial charge in [0.05, 0.1) is 11.6 Å². The summed E-state index contributed by atoms with van der Waals surface area (Å²) in [6.07, 6.45) is 1.61. The van der Waals surface area contributed by atoms with Crippen LogP contribution in [0.25, 0.3) is 6.08 Å². The highest BCUT2D eigenvalue weighted by Gasteiger charge is 2.25. The monoisotopic (exact) mass is 495 g/mol. The Labute approximate surface area is 193 Å². The molecule has 1 aliphatic heterocycles. The molecule has 0 saturated carbocycles. The number of carbonyl (C=O) groups is 1. The third kappa shape index (κ3) is 4.57. The van der Waals surface area contributed by atoms with E-state index in [9.17, 15) is 9.18 Å². The van der Waals surface area contributed by atoms with Crippen molar-refractivity contribution in [2.75, 3.05) is 7.11 Å². The molecule has 0 bridgehead atoms. The molecular weight excluding hydrogens is 477 g/mol. The molecule has 3 aromatic rings. The Morgan fingerprint density at radius 2 is 1.88 bits per heavy atom. The molecule has 3 aromatic carbocycles. The van der Waals surface area contributed by atoms with Crippen molar-refractivity contribution in [3.05, 3.63) is 98.9 Å². The maximum Gasteiger partial charge on any atom is 0.363 e. The van der Waals surface area contributed by atoms with Crippen molar-refractivity contribution in [2.24, 2.45) is 4.99 Å². The van der Waals surface area contributed by atoms with E-state index in [1.165, 1.54) is 13.2 Å². The summed E-state index contributed by atoms with van der Waals surface area (Å²) in [5.41, 5.74) is 2.99. The van der Waals surface area contributed by atoms with Gasteiger partial charge in [-0.2, -0.15) is 0 Å². The van der Waals surface area contributed by atoms with Crippen molar-refractivity contribution in [1.29, 1.82) is 0 Å². The minimum Gasteiger partial charge on any atom is -0.493 e. The zero-order valence-corrected chi connectivity index (χ0v) is 19.0. The second-order valence-corrected chi connectivity index (χ2v) is 7.92. The number of benzene rings is 3. The van der Waals surface area contributed by atoms with E-state index >= 15 is 0 Å². The van der Waals surface area contributed by atoms with E-state index in [0.29, 0.717) is 27.1 Å². The molecule has 0 N–H and O–H groups in total. The molecule has 32 heavy (non-hydrogen) atoms. The maximum absolute atomic E-state index is 13.9. The highest BCUT2D eigenvalue weighted by atomic mass is 79.9. The number of hydrogen-bond acceptors (Lipinski definition) is 5. The Morgan fingerprint density at radius 1 is 1.12 bits per heavy atom. The lowest BCUT2D eigenvalue weighted by molar-refractivity contribution is -0.129. The van der Waals surface area contributed by atoms with Gasteiger partial charge in [0.15, 0.2) is 17.2 Å². The first-order valence-corrected chi connectivity index (χ1v) is 10.6. The van der Waals surface area contributed by atoms with Crippen molar-refractivity contribution in [3.8, 4) is 11.5 Å². The lowest BCUT2D eigenvalue weighted by Gasteiger charge is -2.14. The van der Waals surface area contributed by atoms with Gasteiger partial charge < -0.3 is 14.2 Å². The number of carbonyl (C=O) groups excluding carboxylic acids is 1. The third-order valence-corrected chi connectivity index (χ3v) is 5.47. The largest absolute Gasteiger partial charge is 0.493 e. The van der Waals surface area contributed by atoms with E-state index in [2.05, 4.69) is 20.9 Å². The van der Waals surface area contributed by atoms with Crippen LogP contribution in [0.4, 0.5) is 4.39 Å². The second kappa shape index (κ2) is 9.36. The molecule has 7 heteroatoms. The van der Waals surface area contributed by atoms with E-state index in [1.807, 2.05) is 31.2 Å². The van der Waals surface area contributed by atoms with Crippen LogP contribution in [0, 0.1) is 12.7 Å². The first-order valence-electron chi connectivity index (χ1n) is 9.78. The molecule has 0 unspecified atom stereocenters. The number of rotatable bonds is 6. The summed E-state index contributed by atoms with van der Waals surface area (Å²) in [6.45, 7) is 1.97. The van der Waals surface area contributed by atoms with Crippen LogP contribution >= 0.6 is 15.9 Å². The average Bonchev–Trinajstić information content (AvgIpc) is 3.14. The molecule has 0 radical (unpaired) electrons. The molecule has 162 valence electrons. The first-order chi connectivity index (χ1) is 15.5. The van der Waals surface area contributed by atoms with Gasteiger partial charge in [-0.15, -0.1) is 0 Å². The molecule has 5 nitrogen and oxygen atoms in total. The van der Waals surface area contributed by atoms with E-state index in [1.54, 1.807) is 36.4 Å². The predicted molar refractivity (Wildman–Crippen MR) is 123 cm³/mol. The summed E-state index contributed by atoms with van der Waals surface area (Å²) in [5.74, 6) is 0.257. The summed E-state index contributed by atoms with van der Waals surface area (Å²) in [6, 6.07) is 17.4. The molecule has 0 spiro atoms. The smallest absolute Gasteiger partial charge is 0.363 e. The molecule has 1 heterocycles. The summed E-state index contributed by atoms with van der Waals surface area (Å²) in [7, 11) is 1.51. The normalized spacial score (nSPS) is 14.3. The van der Waals surface area contributed by atoms with Crippen LogP contribution in [-0.4, -0.2) is 19.0 Å². The van der Waals surface area contributed by atoms with Gasteiger partial charge in [-0.3, -0.25) is 0 Å². The van der Waals surface area contributed by atoms with Crippen molar-refractivity contribution in [1.82, 2.24) is 0 Å². The van der Waals surface area contributed by atoms with Gasteiger partial charge in [0.2, 0.25) is 5.90 Å². The quantitative estimate of drug-likeness (QED) is 0.319. The van der Waals surface area contributed by atoms with E-state index < -0.39 is 5.97 Å². The fraction of sp³-hybridized carbons (Fsp3) is 0.120. The zero-order chi connectivity index (χ0) is 22.7. The maximum atomic E-state index is 13.9. The Morgan fingerprint density at radius 3 is 2.62 bits per heavy atom. The predicted octanol–water partition coefficient (Wildman–Crippen LogP) is 5.83. The van der Waals surface area contributed by atoms with Gasteiger partial charge in [-0.1, -0.05) is 36.4 Å². The third-order valence-electron chi connectivity index (χ3n) is 4.88. The summed E-state index contributed by atoms with van der Waals surface area (Å²) >= 11 is 3.47. The second-order valence-electron chi connectivity index (χ2n) is 7.07. The van der Waals surface area contributed by atoms with Crippen molar-refractivity contribution >= 4 is 33.9 Å². The topological polar surface area (TPSA) is 57.1 Å². The molecule has 0 fully saturated rings. The van der Waals surface area contributed by atoms with Gasteiger partial charge in [-0.05, 0) is 64.3 Å². The van der Waals surface area contributed by atoms with E-state index in [4.69, 9.17) is 14.2 Å². The number of halogens is 2. The van der Waals surface area contributed by atoms with Gasteiger partial charge in [0.1, 0.15) is 12.4 Å². The summed E-state index contributed by atoms with van der Waals surface area (Å²) in [5, 5.41) is 0. The van der Waals surface area contributed by atoms with Crippen LogP contribution in [0.15, 0.2) is 75.8 Å². The van der Waals surface area contributed by atoms with Gasteiger partial charge in [0, 0.05) is 11.1 Å². The van der Waals surface area contributed by atoms with Crippen LogP contribution in [0.3, 0.4) is 0 Å². The number of aryl methyl sites for hydroxylation is 1. The zero-order valence-electron chi connectivity index (χ0n) is 17.4. The minimum atomic E-state index is -0.529. The summed E-state index contributed by atoms with van der Waals surface area (Å²) in [4.78, 5) is 16.7. The van der Waals surface area contributed by atoms with Crippen molar-refractivity contribution in [3.63, 3.8) is 0 Å². The van der Waals surface area contributed by atoms with E-state index in [-0.39, 0.29) is 24.0 Å². The minimum absolute atomic E-state index is 0.0402. The molecule has 0 atom stereocenters. The highest BCUT2D eigenvalue weighted by Crippen LogP contribution is 2.38. The molecule has 4 rings (SSSR count). The highest BCUT2D eigenvalue weighted by molar-refractivity contribution is 9.10.